The molecule has 1 aromatic carbocycles. The van der Waals surface area contributed by atoms with E-state index in [2.05, 4.69) is 28.6 Å². The van der Waals surface area contributed by atoms with Crippen LogP contribution in [0.15, 0.2) is 18.2 Å². The summed E-state index contributed by atoms with van der Waals surface area (Å²) in [6, 6.07) is 5.75. The second kappa shape index (κ2) is 9.60. The fraction of sp³-hybridized carbons (Fsp3) is 0.625. The van der Waals surface area contributed by atoms with E-state index < -0.39 is 11.8 Å². The molecule has 0 N–H and O–H groups in total. The van der Waals surface area contributed by atoms with Gasteiger partial charge in [-0.1, -0.05) is 11.6 Å². The van der Waals surface area contributed by atoms with E-state index in [9.17, 15) is 4.79 Å². The van der Waals surface area contributed by atoms with Crippen molar-refractivity contribution in [3.8, 4) is 5.69 Å². The number of hydroxylamine groups is 2. The van der Waals surface area contributed by atoms with Gasteiger partial charge in [-0.25, -0.2) is 4.79 Å². The van der Waals surface area contributed by atoms with Crippen LogP contribution in [0.3, 0.4) is 0 Å². The summed E-state index contributed by atoms with van der Waals surface area (Å²) in [6.07, 6.45) is 3.80. The van der Waals surface area contributed by atoms with Crippen molar-refractivity contribution in [2.45, 2.75) is 97.1 Å². The van der Waals surface area contributed by atoms with Gasteiger partial charge in [-0.05, 0) is 84.1 Å². The maximum atomic E-state index is 12.3. The first-order chi connectivity index (χ1) is 15.6. The lowest BCUT2D eigenvalue weighted by Crippen LogP contribution is -2.31. The molecule has 0 unspecified atom stereocenters. The van der Waals surface area contributed by atoms with E-state index in [1.54, 1.807) is 25.8 Å². The highest BCUT2D eigenvalue weighted by Crippen LogP contribution is 2.37. The zero-order valence-corrected chi connectivity index (χ0v) is 20.8. The van der Waals surface area contributed by atoms with E-state index in [0.29, 0.717) is 30.1 Å². The number of ether oxygens (including phenoxy) is 2. The van der Waals surface area contributed by atoms with Crippen molar-refractivity contribution in [2.24, 2.45) is 0 Å². The topological polar surface area (TPSA) is 78.7 Å². The van der Waals surface area contributed by atoms with E-state index in [4.69, 9.17) is 25.9 Å². The molecule has 1 aliphatic carbocycles. The van der Waals surface area contributed by atoms with Gasteiger partial charge in [-0.2, -0.15) is 0 Å². The van der Waals surface area contributed by atoms with Gasteiger partial charge in [-0.15, -0.1) is 15.3 Å². The van der Waals surface area contributed by atoms with E-state index in [0.717, 1.165) is 48.6 Å². The quantitative estimate of drug-likeness (QED) is 0.535. The van der Waals surface area contributed by atoms with Crippen LogP contribution >= 0.6 is 11.6 Å². The maximum Gasteiger partial charge on any atom is 0.528 e. The molecule has 8 nitrogen and oxygen atoms in total. The lowest BCUT2D eigenvalue weighted by molar-refractivity contribution is -0.155. The number of hydrogen-bond acceptors (Lipinski definition) is 7. The normalized spacial score (nSPS) is 21.3. The minimum absolute atomic E-state index is 0.239. The zero-order chi connectivity index (χ0) is 23.8. The molecule has 0 bridgehead atoms. The number of halogens is 1. The molecule has 9 heteroatoms. The Morgan fingerprint density at radius 1 is 1.12 bits per heavy atom. The van der Waals surface area contributed by atoms with E-state index in [1.165, 1.54) is 0 Å². The predicted octanol–water partition coefficient (Wildman–Crippen LogP) is 5.55. The summed E-state index contributed by atoms with van der Waals surface area (Å²) in [5.41, 5.74) is 1.25. The fourth-order valence-corrected chi connectivity index (χ4v) is 4.74. The molecular formula is C24H33ClN4O4. The molecule has 1 fully saturated rings. The molecule has 1 saturated carbocycles. The van der Waals surface area contributed by atoms with Gasteiger partial charge in [0.2, 0.25) is 0 Å². The smallest absolute Gasteiger partial charge is 0.427 e. The third-order valence-corrected chi connectivity index (χ3v) is 6.03. The molecule has 0 amide bonds. The first kappa shape index (κ1) is 24.0. The molecule has 2 aliphatic rings. The van der Waals surface area contributed by atoms with Crippen LogP contribution in [0.1, 0.15) is 83.4 Å². The van der Waals surface area contributed by atoms with Crippen LogP contribution in [0.25, 0.3) is 5.69 Å². The van der Waals surface area contributed by atoms with Crippen LogP contribution in [0.5, 0.6) is 0 Å². The van der Waals surface area contributed by atoms with E-state index in [1.807, 2.05) is 18.2 Å². The molecule has 180 valence electrons. The number of rotatable bonds is 4. The summed E-state index contributed by atoms with van der Waals surface area (Å²) in [7, 11) is 0. The van der Waals surface area contributed by atoms with Gasteiger partial charge in [0.15, 0.2) is 5.82 Å². The van der Waals surface area contributed by atoms with Crippen LogP contribution in [-0.2, 0) is 27.4 Å². The lowest BCUT2D eigenvalue weighted by atomic mass is 9.86. The highest BCUT2D eigenvalue weighted by molar-refractivity contribution is 6.30. The summed E-state index contributed by atoms with van der Waals surface area (Å²) in [5.74, 6) is 1.95. The van der Waals surface area contributed by atoms with Crippen molar-refractivity contribution in [2.75, 3.05) is 0 Å². The number of aromatic nitrogens is 3. The van der Waals surface area contributed by atoms with Crippen molar-refractivity contribution in [1.29, 1.82) is 0 Å². The van der Waals surface area contributed by atoms with Gasteiger partial charge in [0.05, 0.1) is 31.0 Å². The molecular weight excluding hydrogens is 444 g/mol. The third kappa shape index (κ3) is 5.86. The maximum absolute atomic E-state index is 12.3. The summed E-state index contributed by atoms with van der Waals surface area (Å²) < 4.78 is 13.5. The Hall–Kier alpha value is -2.16. The highest BCUT2D eigenvalue weighted by Gasteiger charge is 2.32. The molecule has 0 atom stereocenters. The second-order valence-corrected chi connectivity index (χ2v) is 10.5. The Bertz CT molecular complexity index is 993. The molecule has 0 radical (unpaired) electrons. The fourth-order valence-electron chi connectivity index (χ4n) is 4.54. The van der Waals surface area contributed by atoms with Crippen molar-refractivity contribution in [1.82, 2.24) is 19.8 Å². The second-order valence-electron chi connectivity index (χ2n) is 10.1. The van der Waals surface area contributed by atoms with Crippen LogP contribution in [-0.4, -0.2) is 43.8 Å². The predicted molar refractivity (Wildman–Crippen MR) is 124 cm³/mol. The minimum atomic E-state index is -0.747. The Morgan fingerprint density at radius 3 is 2.52 bits per heavy atom. The van der Waals surface area contributed by atoms with Crippen molar-refractivity contribution in [3.05, 3.63) is 40.4 Å². The average molecular weight is 477 g/mol. The summed E-state index contributed by atoms with van der Waals surface area (Å²) >= 11 is 6.31. The Labute approximate surface area is 200 Å². The van der Waals surface area contributed by atoms with Crippen LogP contribution in [0.2, 0.25) is 5.02 Å². The summed E-state index contributed by atoms with van der Waals surface area (Å²) in [5, 5.41) is 11.2. The van der Waals surface area contributed by atoms with E-state index >= 15 is 0 Å². The average Bonchev–Trinajstić information content (AvgIpc) is 3.03. The first-order valence-corrected chi connectivity index (χ1v) is 12.0. The Kier molecular flexibility index (Phi) is 6.98. The third-order valence-electron chi connectivity index (χ3n) is 5.80. The molecule has 1 aliphatic heterocycles. The number of carbonyl (C=O) groups is 1. The van der Waals surface area contributed by atoms with Crippen molar-refractivity contribution >= 4 is 17.8 Å². The lowest BCUT2D eigenvalue weighted by Gasteiger charge is -2.29. The van der Waals surface area contributed by atoms with Gasteiger partial charge in [0.1, 0.15) is 11.4 Å². The van der Waals surface area contributed by atoms with Crippen molar-refractivity contribution < 1.29 is 19.1 Å². The van der Waals surface area contributed by atoms with E-state index in [-0.39, 0.29) is 6.10 Å². The van der Waals surface area contributed by atoms with Crippen LogP contribution < -0.4 is 0 Å². The molecule has 0 spiro atoms. The van der Waals surface area contributed by atoms with Gasteiger partial charge < -0.3 is 14.3 Å². The zero-order valence-electron chi connectivity index (χ0n) is 20.0. The highest BCUT2D eigenvalue weighted by atomic mass is 35.5. The van der Waals surface area contributed by atoms with Gasteiger partial charge in [0, 0.05) is 10.9 Å². The van der Waals surface area contributed by atoms with Crippen LogP contribution in [0.4, 0.5) is 4.79 Å². The standard InChI is InChI=1S/C24H33ClN4O4/c1-15(2)31-19-9-6-16(7-10-19)22-27-26-21-14-28(33-23(30)32-24(3,4)5)13-17-12-18(25)8-11-20(17)29(21)22/h8,11-12,15-16,19H,6-7,9-10,13-14H2,1-5H3/t16-,19+. The number of benzene rings is 1. The minimum Gasteiger partial charge on any atom is -0.427 e. The number of hydrogen-bond donors (Lipinski definition) is 0. The Morgan fingerprint density at radius 2 is 1.85 bits per heavy atom. The molecule has 33 heavy (non-hydrogen) atoms. The summed E-state index contributed by atoms with van der Waals surface area (Å²) in [6.45, 7) is 10.2. The molecule has 0 saturated heterocycles. The monoisotopic (exact) mass is 476 g/mol. The molecule has 1 aromatic heterocycles. The van der Waals surface area contributed by atoms with Crippen molar-refractivity contribution in [3.63, 3.8) is 0 Å². The van der Waals surface area contributed by atoms with Gasteiger partial charge >= 0.3 is 6.16 Å². The molecule has 2 aromatic rings. The summed E-state index contributed by atoms with van der Waals surface area (Å²) in [4.78, 5) is 17.9. The number of fused-ring (bicyclic) bond motifs is 3. The Balaban J connectivity index is 1.60. The van der Waals surface area contributed by atoms with Gasteiger partial charge in [-0.3, -0.25) is 4.57 Å². The van der Waals surface area contributed by atoms with Crippen LogP contribution in [0, 0.1) is 0 Å². The molecule has 4 rings (SSSR count). The SMILES string of the molecule is CC(C)O[C@H]1CC[C@@H](c2nnc3n2-c2ccc(Cl)cc2CN(OC(=O)OC(C)(C)C)C3)CC1. The number of nitrogens with zero attached hydrogens (tertiary/aromatic N) is 4. The largest absolute Gasteiger partial charge is 0.528 e. The number of carbonyl (C=O) groups excluding carboxylic acids is 1. The van der Waals surface area contributed by atoms with Gasteiger partial charge in [0.25, 0.3) is 0 Å². The first-order valence-electron chi connectivity index (χ1n) is 11.6. The molecule has 2 heterocycles.